The van der Waals surface area contributed by atoms with Crippen LogP contribution in [-0.2, 0) is 6.54 Å². The first-order chi connectivity index (χ1) is 12.7. The number of carbonyl (C=O) groups is 1. The van der Waals surface area contributed by atoms with Gasteiger partial charge in [0, 0.05) is 37.9 Å². The second kappa shape index (κ2) is 7.37. The van der Waals surface area contributed by atoms with Crippen molar-refractivity contribution in [1.29, 1.82) is 0 Å². The molecule has 1 fully saturated rings. The van der Waals surface area contributed by atoms with E-state index < -0.39 is 0 Å². The summed E-state index contributed by atoms with van der Waals surface area (Å²) >= 11 is 1.18. The Hall–Kier alpha value is -2.54. The Balaban J connectivity index is 1.51. The Morgan fingerprint density at radius 3 is 2.92 bits per heavy atom. The van der Waals surface area contributed by atoms with E-state index in [4.69, 9.17) is 0 Å². The molecule has 0 spiro atoms. The van der Waals surface area contributed by atoms with E-state index >= 15 is 0 Å². The van der Waals surface area contributed by atoms with Crippen molar-refractivity contribution in [2.45, 2.75) is 32.2 Å². The summed E-state index contributed by atoms with van der Waals surface area (Å²) in [5.74, 6) is 1.36. The van der Waals surface area contributed by atoms with E-state index in [2.05, 4.69) is 43.4 Å². The fraction of sp³-hybridized carbons (Fsp3) is 0.368. The number of carbonyl (C=O) groups excluding carboxylic acids is 1. The van der Waals surface area contributed by atoms with Gasteiger partial charge >= 0.3 is 0 Å². The lowest BCUT2D eigenvalue weighted by molar-refractivity contribution is 0.0707. The summed E-state index contributed by atoms with van der Waals surface area (Å²) in [6, 6.07) is 10.4. The maximum absolute atomic E-state index is 12.8. The highest BCUT2D eigenvalue weighted by molar-refractivity contribution is 7.07. The number of benzene rings is 1. The molecule has 1 atom stereocenters. The minimum absolute atomic E-state index is 0.0448. The molecule has 4 rings (SSSR count). The normalized spacial score (nSPS) is 17.4. The van der Waals surface area contributed by atoms with Crippen LogP contribution in [0.1, 0.15) is 45.5 Å². The lowest BCUT2D eigenvalue weighted by atomic mass is 9.96. The predicted molar refractivity (Wildman–Crippen MR) is 100 cm³/mol. The van der Waals surface area contributed by atoms with Crippen LogP contribution >= 0.6 is 11.5 Å². The minimum Gasteiger partial charge on any atom is -0.337 e. The second-order valence-electron chi connectivity index (χ2n) is 6.68. The summed E-state index contributed by atoms with van der Waals surface area (Å²) < 4.78 is 6.10. The summed E-state index contributed by atoms with van der Waals surface area (Å²) in [5, 5.41) is 3.97. The van der Waals surface area contributed by atoms with Crippen LogP contribution in [0.4, 0.5) is 0 Å². The molecule has 0 N–H and O–H groups in total. The lowest BCUT2D eigenvalue weighted by Crippen LogP contribution is -2.39. The van der Waals surface area contributed by atoms with Crippen LogP contribution in [0, 0.1) is 6.92 Å². The molecule has 1 aliphatic heterocycles. The average molecular weight is 367 g/mol. The molecule has 0 radical (unpaired) electrons. The van der Waals surface area contributed by atoms with Gasteiger partial charge in [0.1, 0.15) is 10.7 Å². The Kier molecular flexibility index (Phi) is 4.79. The third kappa shape index (κ3) is 3.39. The maximum Gasteiger partial charge on any atom is 0.267 e. The van der Waals surface area contributed by atoms with Gasteiger partial charge in [-0.15, -0.1) is 5.10 Å². The quantitative estimate of drug-likeness (QED) is 0.711. The van der Waals surface area contributed by atoms with Crippen molar-refractivity contribution >= 4 is 17.4 Å². The van der Waals surface area contributed by atoms with E-state index in [0.717, 1.165) is 31.8 Å². The first kappa shape index (κ1) is 16.9. The first-order valence-electron chi connectivity index (χ1n) is 8.85. The fourth-order valence-electron chi connectivity index (χ4n) is 3.54. The van der Waals surface area contributed by atoms with E-state index in [0.29, 0.717) is 17.1 Å². The van der Waals surface area contributed by atoms with Crippen molar-refractivity contribution in [3.05, 3.63) is 64.7 Å². The molecular weight excluding hydrogens is 346 g/mol. The van der Waals surface area contributed by atoms with E-state index in [1.54, 1.807) is 0 Å². The summed E-state index contributed by atoms with van der Waals surface area (Å²) in [6.45, 7) is 4.12. The van der Waals surface area contributed by atoms with Gasteiger partial charge in [-0.3, -0.25) is 4.79 Å². The number of rotatable bonds is 4. The summed E-state index contributed by atoms with van der Waals surface area (Å²) in [7, 11) is 0. The first-order valence-corrected chi connectivity index (χ1v) is 9.63. The zero-order valence-corrected chi connectivity index (χ0v) is 15.5. The molecule has 7 heteroatoms. The van der Waals surface area contributed by atoms with Crippen molar-refractivity contribution in [3.8, 4) is 0 Å². The van der Waals surface area contributed by atoms with Crippen LogP contribution in [0.25, 0.3) is 0 Å². The Morgan fingerprint density at radius 2 is 2.15 bits per heavy atom. The number of aryl methyl sites for hydroxylation is 1. The van der Waals surface area contributed by atoms with E-state index in [1.807, 2.05) is 30.3 Å². The predicted octanol–water partition coefficient (Wildman–Crippen LogP) is 3.11. The van der Waals surface area contributed by atoms with Gasteiger partial charge in [-0.2, -0.15) is 0 Å². The van der Waals surface area contributed by atoms with E-state index in [-0.39, 0.29) is 11.8 Å². The molecule has 0 saturated carbocycles. The fourth-order valence-corrected chi connectivity index (χ4v) is 4.16. The van der Waals surface area contributed by atoms with Crippen molar-refractivity contribution < 1.29 is 4.79 Å². The van der Waals surface area contributed by atoms with E-state index in [1.165, 1.54) is 17.1 Å². The van der Waals surface area contributed by atoms with Crippen LogP contribution in [0.5, 0.6) is 0 Å². The van der Waals surface area contributed by atoms with Crippen LogP contribution in [0.3, 0.4) is 0 Å². The van der Waals surface area contributed by atoms with Gasteiger partial charge in [0.2, 0.25) is 0 Å². The highest BCUT2D eigenvalue weighted by atomic mass is 32.1. The SMILES string of the molecule is Cc1nnsc1C(=O)N1CCC[C@H](c2nccn2Cc2ccccc2)C1. The number of imidazole rings is 1. The molecule has 0 bridgehead atoms. The molecule has 1 aromatic carbocycles. The molecule has 0 aliphatic carbocycles. The standard InChI is InChI=1S/C19H21N5OS/c1-14-17(26-22-21-14)19(25)24-10-5-8-16(13-24)18-20-9-11-23(18)12-15-6-3-2-4-7-15/h2-4,6-7,9,11,16H,5,8,10,12-13H2,1H3/t16-/m0/s1. The van der Waals surface area contributed by atoms with Gasteiger partial charge in [-0.1, -0.05) is 34.8 Å². The third-order valence-electron chi connectivity index (χ3n) is 4.86. The molecule has 0 unspecified atom stereocenters. The average Bonchev–Trinajstić information content (AvgIpc) is 3.31. The topological polar surface area (TPSA) is 63.9 Å². The summed E-state index contributed by atoms with van der Waals surface area (Å²) in [4.78, 5) is 20.0. The molecule has 6 nitrogen and oxygen atoms in total. The van der Waals surface area contributed by atoms with Crippen molar-refractivity contribution in [3.63, 3.8) is 0 Å². The number of nitrogens with zero attached hydrogens (tertiary/aromatic N) is 5. The molecular formula is C19H21N5OS. The van der Waals surface area contributed by atoms with Crippen LogP contribution in [0.15, 0.2) is 42.7 Å². The number of amides is 1. The molecule has 1 amide bonds. The monoisotopic (exact) mass is 367 g/mol. The lowest BCUT2D eigenvalue weighted by Gasteiger charge is -2.32. The molecule has 26 heavy (non-hydrogen) atoms. The highest BCUT2D eigenvalue weighted by Gasteiger charge is 2.29. The number of likely N-dealkylation sites (tertiary alicyclic amines) is 1. The summed E-state index contributed by atoms with van der Waals surface area (Å²) in [5.41, 5.74) is 1.97. The van der Waals surface area contributed by atoms with Gasteiger partial charge in [-0.05, 0) is 36.9 Å². The van der Waals surface area contributed by atoms with Crippen LogP contribution in [0.2, 0.25) is 0 Å². The Labute approximate surface area is 156 Å². The van der Waals surface area contributed by atoms with Crippen LogP contribution < -0.4 is 0 Å². The zero-order valence-electron chi connectivity index (χ0n) is 14.7. The molecule has 134 valence electrons. The van der Waals surface area contributed by atoms with Gasteiger partial charge in [0.05, 0.1) is 5.69 Å². The van der Waals surface area contributed by atoms with Gasteiger partial charge in [0.15, 0.2) is 0 Å². The molecule has 2 aromatic heterocycles. The number of hydrogen-bond acceptors (Lipinski definition) is 5. The van der Waals surface area contributed by atoms with Crippen molar-refractivity contribution in [1.82, 2.24) is 24.0 Å². The van der Waals surface area contributed by atoms with Crippen molar-refractivity contribution in [2.24, 2.45) is 0 Å². The molecule has 1 saturated heterocycles. The van der Waals surface area contributed by atoms with Gasteiger partial charge < -0.3 is 9.47 Å². The largest absolute Gasteiger partial charge is 0.337 e. The highest BCUT2D eigenvalue weighted by Crippen LogP contribution is 2.28. The number of piperidine rings is 1. The third-order valence-corrected chi connectivity index (χ3v) is 5.68. The molecule has 3 aromatic rings. The van der Waals surface area contributed by atoms with Gasteiger partial charge in [0.25, 0.3) is 5.91 Å². The second-order valence-corrected chi connectivity index (χ2v) is 7.43. The summed E-state index contributed by atoms with van der Waals surface area (Å²) in [6.07, 6.45) is 5.92. The van der Waals surface area contributed by atoms with E-state index in [9.17, 15) is 4.79 Å². The Morgan fingerprint density at radius 1 is 1.31 bits per heavy atom. The molecule has 1 aliphatic rings. The Bertz CT molecular complexity index is 888. The number of hydrogen-bond donors (Lipinski definition) is 0. The van der Waals surface area contributed by atoms with Crippen LogP contribution in [-0.4, -0.2) is 43.0 Å². The smallest absolute Gasteiger partial charge is 0.267 e. The molecule has 3 heterocycles. The van der Waals surface area contributed by atoms with Crippen molar-refractivity contribution in [2.75, 3.05) is 13.1 Å². The number of aromatic nitrogens is 4. The minimum atomic E-state index is 0.0448. The maximum atomic E-state index is 12.8. The zero-order chi connectivity index (χ0) is 17.9. The van der Waals surface area contributed by atoms with Gasteiger partial charge in [-0.25, -0.2) is 4.98 Å².